The van der Waals surface area contributed by atoms with Crippen LogP contribution in [0.4, 0.5) is 0 Å². The van der Waals surface area contributed by atoms with Crippen molar-refractivity contribution in [2.24, 2.45) is 0 Å². The van der Waals surface area contributed by atoms with Gasteiger partial charge in [-0.3, -0.25) is 4.79 Å². The van der Waals surface area contributed by atoms with Crippen LogP contribution >= 0.6 is 0 Å². The third-order valence-corrected chi connectivity index (χ3v) is 11.8. The molecule has 61 heavy (non-hydrogen) atoms. The third kappa shape index (κ3) is 24.6. The number of aliphatic hydroxyl groups is 7. The van der Waals surface area contributed by atoms with Crippen LogP contribution in [0.25, 0.3) is 0 Å². The minimum absolute atomic E-state index is 0.0631. The number of unbranched alkanes of at least 4 members (excludes halogenated alkanes) is 22. The molecule has 0 bridgehead atoms. The summed E-state index contributed by atoms with van der Waals surface area (Å²) < 4.78 is 34.2. The summed E-state index contributed by atoms with van der Waals surface area (Å²) in [7, 11) is 0. The Morgan fingerprint density at radius 1 is 0.525 bits per heavy atom. The lowest BCUT2D eigenvalue weighted by atomic mass is 9.98. The number of carbonyl (C=O) groups excluding carboxylic acids is 1. The minimum atomic E-state index is -1.70. The van der Waals surface area contributed by atoms with Gasteiger partial charge in [-0.05, 0) is 38.5 Å². The Bertz CT molecular complexity index is 1060. The Morgan fingerprint density at radius 2 is 0.967 bits per heavy atom. The lowest BCUT2D eigenvalue weighted by Gasteiger charge is -2.42. The number of allylic oxidation sites excluding steroid dienone is 2. The van der Waals surface area contributed by atoms with Crippen molar-refractivity contribution in [1.82, 2.24) is 0 Å². The van der Waals surface area contributed by atoms with Gasteiger partial charge in [-0.1, -0.05) is 148 Å². The monoisotopic (exact) mass is 877 g/mol. The summed E-state index contributed by atoms with van der Waals surface area (Å²) in [6.07, 6.45) is 18.5. The predicted molar refractivity (Wildman–Crippen MR) is 234 cm³/mol. The number of carbonyl (C=O) groups is 1. The van der Waals surface area contributed by atoms with Gasteiger partial charge in [-0.15, -0.1) is 0 Å². The fraction of sp³-hybridized carbons (Fsp3) is 0.936. The normalized spacial score (nSPS) is 27.5. The van der Waals surface area contributed by atoms with Gasteiger partial charge in [-0.25, -0.2) is 0 Å². The maximum Gasteiger partial charge on any atom is 0.306 e. The van der Waals surface area contributed by atoms with Gasteiger partial charge in [-0.2, -0.15) is 0 Å². The van der Waals surface area contributed by atoms with E-state index in [-0.39, 0.29) is 25.6 Å². The summed E-state index contributed by atoms with van der Waals surface area (Å²) in [6, 6.07) is 0. The quantitative estimate of drug-likeness (QED) is 0.0206. The number of hydrogen-bond donors (Lipinski definition) is 7. The van der Waals surface area contributed by atoms with Gasteiger partial charge in [0.2, 0.25) is 0 Å². The van der Waals surface area contributed by atoms with Crippen LogP contribution in [0.1, 0.15) is 181 Å². The first-order valence-corrected chi connectivity index (χ1v) is 24.3. The first kappa shape index (κ1) is 55.9. The average Bonchev–Trinajstić information content (AvgIpc) is 3.25. The van der Waals surface area contributed by atoms with Crippen molar-refractivity contribution >= 4 is 5.97 Å². The van der Waals surface area contributed by atoms with E-state index in [4.69, 9.17) is 28.4 Å². The highest BCUT2D eigenvalue weighted by atomic mass is 16.7. The summed E-state index contributed by atoms with van der Waals surface area (Å²) in [6.45, 7) is 3.68. The zero-order chi connectivity index (χ0) is 44.5. The second-order valence-electron chi connectivity index (χ2n) is 17.3. The van der Waals surface area contributed by atoms with Gasteiger partial charge in [0.15, 0.2) is 12.6 Å². The summed E-state index contributed by atoms with van der Waals surface area (Å²) in [4.78, 5) is 13.0. The second kappa shape index (κ2) is 36.0. The molecule has 0 saturated carbocycles. The fourth-order valence-corrected chi connectivity index (χ4v) is 7.75. The number of esters is 1. The molecule has 0 aromatic rings. The van der Waals surface area contributed by atoms with Crippen molar-refractivity contribution in [1.29, 1.82) is 0 Å². The molecule has 7 N–H and O–H groups in total. The summed E-state index contributed by atoms with van der Waals surface area (Å²) >= 11 is 0. The van der Waals surface area contributed by atoms with Crippen molar-refractivity contribution in [3.8, 4) is 0 Å². The van der Waals surface area contributed by atoms with Crippen LogP contribution in [-0.4, -0.2) is 142 Å². The SMILES string of the molecule is CCCCCCCCC/C=C\CCCCCCCC(=O)OC(COCCCCCCCCCCCCC)COC1OC(COC2OC(CO)C(O)C(O)C2O)C(O)C(O)C1O. The van der Waals surface area contributed by atoms with E-state index >= 15 is 0 Å². The van der Waals surface area contributed by atoms with Crippen LogP contribution in [0.3, 0.4) is 0 Å². The summed E-state index contributed by atoms with van der Waals surface area (Å²) in [5.41, 5.74) is 0. The molecule has 14 nitrogen and oxygen atoms in total. The van der Waals surface area contributed by atoms with E-state index in [0.29, 0.717) is 13.0 Å². The minimum Gasteiger partial charge on any atom is -0.457 e. The van der Waals surface area contributed by atoms with Crippen LogP contribution in [0.5, 0.6) is 0 Å². The van der Waals surface area contributed by atoms with E-state index in [1.54, 1.807) is 0 Å². The predicted octanol–water partition coefficient (Wildman–Crippen LogP) is 6.29. The van der Waals surface area contributed by atoms with Gasteiger partial charge in [0.05, 0.1) is 26.4 Å². The molecule has 2 fully saturated rings. The maximum atomic E-state index is 13.0. The molecule has 14 heteroatoms. The van der Waals surface area contributed by atoms with Crippen LogP contribution < -0.4 is 0 Å². The molecular formula is C47H88O14. The number of rotatable bonds is 38. The zero-order valence-corrected chi connectivity index (χ0v) is 37.9. The van der Waals surface area contributed by atoms with Gasteiger partial charge in [0, 0.05) is 13.0 Å². The van der Waals surface area contributed by atoms with E-state index in [2.05, 4.69) is 26.0 Å². The summed E-state index contributed by atoms with van der Waals surface area (Å²) in [5, 5.41) is 71.9. The second-order valence-corrected chi connectivity index (χ2v) is 17.3. The molecule has 0 aromatic heterocycles. The molecule has 0 aliphatic carbocycles. The van der Waals surface area contributed by atoms with Gasteiger partial charge < -0.3 is 64.2 Å². The number of hydrogen-bond acceptors (Lipinski definition) is 14. The Kier molecular flexibility index (Phi) is 33.0. The highest BCUT2D eigenvalue weighted by Gasteiger charge is 2.47. The van der Waals surface area contributed by atoms with E-state index in [9.17, 15) is 40.5 Å². The molecule has 2 saturated heterocycles. The average molecular weight is 877 g/mol. The molecule has 11 unspecified atom stereocenters. The van der Waals surface area contributed by atoms with Crippen molar-refractivity contribution in [3.05, 3.63) is 12.2 Å². The molecule has 360 valence electrons. The van der Waals surface area contributed by atoms with Crippen molar-refractivity contribution < 1.29 is 69.0 Å². The van der Waals surface area contributed by atoms with E-state index in [1.165, 1.54) is 96.3 Å². The standard InChI is InChI=1S/C47H88O14/c1-3-5-7-9-11-13-15-16-17-18-19-20-22-24-26-28-30-39(49)59-36(33-56-31-29-27-25-23-21-14-12-10-8-6-4-2)34-57-46-45(55)43(53)41(51)38(61-46)35-58-47-44(54)42(52)40(50)37(32-48)60-47/h17-18,36-38,40-48,50-55H,3-16,19-35H2,1-2H3/b18-17-. The maximum absolute atomic E-state index is 13.0. The lowest BCUT2D eigenvalue weighted by molar-refractivity contribution is -0.332. The Labute approximate surface area is 367 Å². The molecule has 2 aliphatic heterocycles. The highest BCUT2D eigenvalue weighted by molar-refractivity contribution is 5.69. The van der Waals surface area contributed by atoms with Gasteiger partial charge in [0.1, 0.15) is 54.9 Å². The highest BCUT2D eigenvalue weighted by Crippen LogP contribution is 2.26. The molecule has 0 spiro atoms. The molecule has 0 amide bonds. The zero-order valence-electron chi connectivity index (χ0n) is 37.9. The summed E-state index contributed by atoms with van der Waals surface area (Å²) in [5.74, 6) is -0.383. The van der Waals surface area contributed by atoms with E-state index in [0.717, 1.165) is 57.8 Å². The largest absolute Gasteiger partial charge is 0.457 e. The Morgan fingerprint density at radius 3 is 1.49 bits per heavy atom. The number of ether oxygens (including phenoxy) is 6. The fourth-order valence-electron chi connectivity index (χ4n) is 7.75. The molecule has 2 aliphatic rings. The molecular weight excluding hydrogens is 789 g/mol. The molecule has 11 atom stereocenters. The first-order chi connectivity index (χ1) is 29.6. The van der Waals surface area contributed by atoms with Crippen molar-refractivity contribution in [2.45, 2.75) is 248 Å². The Hall–Kier alpha value is -1.27. The molecule has 2 rings (SSSR count). The van der Waals surface area contributed by atoms with Gasteiger partial charge >= 0.3 is 5.97 Å². The van der Waals surface area contributed by atoms with Crippen molar-refractivity contribution in [2.75, 3.05) is 33.0 Å². The topological polar surface area (TPSA) is 214 Å². The lowest BCUT2D eigenvalue weighted by Crippen LogP contribution is -2.61. The molecule has 0 radical (unpaired) electrons. The molecule has 2 heterocycles. The third-order valence-electron chi connectivity index (χ3n) is 11.8. The van der Waals surface area contributed by atoms with Crippen LogP contribution in [0, 0.1) is 0 Å². The molecule has 0 aromatic carbocycles. The Balaban J connectivity index is 1.79. The van der Waals surface area contributed by atoms with Crippen LogP contribution in [0.2, 0.25) is 0 Å². The van der Waals surface area contributed by atoms with Gasteiger partial charge in [0.25, 0.3) is 0 Å². The van der Waals surface area contributed by atoms with Crippen molar-refractivity contribution in [3.63, 3.8) is 0 Å². The number of aliphatic hydroxyl groups excluding tert-OH is 7. The van der Waals surface area contributed by atoms with E-state index in [1.807, 2.05) is 0 Å². The van der Waals surface area contributed by atoms with Crippen LogP contribution in [-0.2, 0) is 33.2 Å². The van der Waals surface area contributed by atoms with E-state index < -0.39 is 80.7 Å². The first-order valence-electron chi connectivity index (χ1n) is 24.3. The van der Waals surface area contributed by atoms with Crippen LogP contribution in [0.15, 0.2) is 12.2 Å². The smallest absolute Gasteiger partial charge is 0.306 e.